The van der Waals surface area contributed by atoms with Gasteiger partial charge in [0.2, 0.25) is 0 Å². The van der Waals surface area contributed by atoms with E-state index in [0.717, 1.165) is 5.56 Å². The van der Waals surface area contributed by atoms with Crippen molar-refractivity contribution < 1.29 is 9.53 Å². The molecule has 1 amide bonds. The van der Waals surface area contributed by atoms with Gasteiger partial charge in [0.05, 0.1) is 12.7 Å². The van der Waals surface area contributed by atoms with Gasteiger partial charge < -0.3 is 4.74 Å². The van der Waals surface area contributed by atoms with E-state index in [4.69, 9.17) is 22.2 Å². The molecule has 4 nitrogen and oxygen atoms in total. The maximum atomic E-state index is 11.5. The van der Waals surface area contributed by atoms with Gasteiger partial charge in [-0.25, -0.2) is 5.84 Å². The van der Waals surface area contributed by atoms with Gasteiger partial charge in [0.15, 0.2) is 0 Å². The van der Waals surface area contributed by atoms with Gasteiger partial charge in [0, 0.05) is 5.88 Å². The van der Waals surface area contributed by atoms with Crippen molar-refractivity contribution in [2.75, 3.05) is 13.0 Å². The summed E-state index contributed by atoms with van der Waals surface area (Å²) in [6.45, 7) is 0. The van der Waals surface area contributed by atoms with E-state index in [1.165, 1.54) is 7.11 Å². The number of nitrogens with one attached hydrogen (secondary N) is 1. The van der Waals surface area contributed by atoms with Crippen molar-refractivity contribution in [2.24, 2.45) is 5.84 Å². The largest absolute Gasteiger partial charge is 0.497 e. The van der Waals surface area contributed by atoms with Crippen LogP contribution in [0.15, 0.2) is 24.3 Å². The molecule has 16 heavy (non-hydrogen) atoms. The predicted molar refractivity (Wildman–Crippen MR) is 64.4 cm³/mol. The van der Waals surface area contributed by atoms with Crippen molar-refractivity contribution in [3.63, 3.8) is 0 Å². The molecular formula is C11H13ClN2O2. The van der Waals surface area contributed by atoms with E-state index >= 15 is 0 Å². The number of methoxy groups -OCH3 is 1. The van der Waals surface area contributed by atoms with Gasteiger partial charge in [-0.2, -0.15) is 0 Å². The third kappa shape index (κ3) is 2.98. The van der Waals surface area contributed by atoms with Gasteiger partial charge >= 0.3 is 0 Å². The molecular weight excluding hydrogens is 228 g/mol. The monoisotopic (exact) mass is 240 g/mol. The van der Waals surface area contributed by atoms with Crippen molar-refractivity contribution in [2.45, 2.75) is 0 Å². The van der Waals surface area contributed by atoms with Crippen molar-refractivity contribution in [3.8, 4) is 5.75 Å². The number of benzene rings is 1. The van der Waals surface area contributed by atoms with E-state index in [-0.39, 0.29) is 5.91 Å². The van der Waals surface area contributed by atoms with Crippen LogP contribution in [0.25, 0.3) is 6.08 Å². The molecule has 0 unspecified atom stereocenters. The van der Waals surface area contributed by atoms with Crippen LogP contribution in [0.1, 0.15) is 15.9 Å². The molecule has 0 aliphatic carbocycles. The molecule has 0 atom stereocenters. The van der Waals surface area contributed by atoms with Gasteiger partial charge in [-0.3, -0.25) is 10.2 Å². The number of nitrogen functional groups attached to an aromatic ring is 1. The number of amides is 1. The molecule has 86 valence electrons. The lowest BCUT2D eigenvalue weighted by Crippen LogP contribution is -2.30. The number of carbonyl (C=O) groups is 1. The van der Waals surface area contributed by atoms with Crippen molar-refractivity contribution in [3.05, 3.63) is 35.4 Å². The number of rotatable bonds is 4. The van der Waals surface area contributed by atoms with Crippen LogP contribution in [0, 0.1) is 0 Å². The Morgan fingerprint density at radius 1 is 1.62 bits per heavy atom. The number of allylic oxidation sites excluding steroid dienone is 1. The minimum absolute atomic E-state index is 0.367. The van der Waals surface area contributed by atoms with Crippen LogP contribution >= 0.6 is 11.6 Å². The molecule has 0 radical (unpaired) electrons. The molecule has 1 aromatic rings. The highest BCUT2D eigenvalue weighted by molar-refractivity contribution is 6.19. The fourth-order valence-corrected chi connectivity index (χ4v) is 1.34. The van der Waals surface area contributed by atoms with E-state index < -0.39 is 0 Å². The van der Waals surface area contributed by atoms with E-state index in [1.54, 1.807) is 30.4 Å². The Kier molecular flexibility index (Phi) is 4.82. The zero-order valence-electron chi connectivity index (χ0n) is 8.87. The molecule has 3 N–H and O–H groups in total. The predicted octanol–water partition coefficient (Wildman–Crippen LogP) is 1.55. The second kappa shape index (κ2) is 6.15. The van der Waals surface area contributed by atoms with E-state index in [9.17, 15) is 4.79 Å². The molecule has 1 aromatic carbocycles. The lowest BCUT2D eigenvalue weighted by atomic mass is 10.1. The molecule has 0 saturated heterocycles. The van der Waals surface area contributed by atoms with Crippen LogP contribution in [0.5, 0.6) is 5.75 Å². The van der Waals surface area contributed by atoms with Gasteiger partial charge in [0.25, 0.3) is 5.91 Å². The Hall–Kier alpha value is -1.52. The highest BCUT2D eigenvalue weighted by atomic mass is 35.5. The maximum absolute atomic E-state index is 11.5. The lowest BCUT2D eigenvalue weighted by molar-refractivity contribution is 0.0953. The summed E-state index contributed by atoms with van der Waals surface area (Å²) in [4.78, 5) is 11.5. The highest BCUT2D eigenvalue weighted by Crippen LogP contribution is 2.18. The second-order valence-corrected chi connectivity index (χ2v) is 3.29. The van der Waals surface area contributed by atoms with Crippen LogP contribution < -0.4 is 16.0 Å². The Labute approximate surface area is 99.0 Å². The Morgan fingerprint density at radius 3 is 2.94 bits per heavy atom. The molecule has 0 aliphatic rings. The molecule has 0 spiro atoms. The molecule has 5 heteroatoms. The average molecular weight is 241 g/mol. The second-order valence-electron chi connectivity index (χ2n) is 2.98. The highest BCUT2D eigenvalue weighted by Gasteiger charge is 2.09. The summed E-state index contributed by atoms with van der Waals surface area (Å²) < 4.78 is 5.04. The van der Waals surface area contributed by atoms with E-state index in [0.29, 0.717) is 17.2 Å². The lowest BCUT2D eigenvalue weighted by Gasteiger charge is -2.07. The number of nitrogens with two attached hydrogens (primary N) is 1. The molecule has 0 aromatic heterocycles. The Bertz CT molecular complexity index is 405. The molecule has 1 rings (SSSR count). The third-order valence-electron chi connectivity index (χ3n) is 2.02. The normalized spacial score (nSPS) is 10.4. The van der Waals surface area contributed by atoms with Crippen LogP contribution in [-0.2, 0) is 0 Å². The van der Waals surface area contributed by atoms with Crippen molar-refractivity contribution >= 4 is 23.6 Å². The zero-order valence-corrected chi connectivity index (χ0v) is 9.62. The van der Waals surface area contributed by atoms with Gasteiger partial charge in [-0.05, 0) is 17.7 Å². The number of hydrogen-bond donors (Lipinski definition) is 2. The summed E-state index contributed by atoms with van der Waals surface area (Å²) in [5.41, 5.74) is 3.28. The maximum Gasteiger partial charge on any atom is 0.265 e. The first-order valence-electron chi connectivity index (χ1n) is 4.64. The summed E-state index contributed by atoms with van der Waals surface area (Å²) in [5.74, 6) is 5.72. The van der Waals surface area contributed by atoms with Crippen LogP contribution in [0.4, 0.5) is 0 Å². The summed E-state index contributed by atoms with van der Waals surface area (Å²) in [7, 11) is 1.54. The number of hydrogen-bond acceptors (Lipinski definition) is 3. The fourth-order valence-electron chi connectivity index (χ4n) is 1.25. The number of hydrazine groups is 1. The minimum atomic E-state index is -0.367. The standard InChI is InChI=1S/C11H13ClN2O2/c1-16-9-5-4-8(3-2-6-12)10(7-9)11(15)14-13/h2-5,7H,6,13H2,1H3,(H,14,15). The average Bonchev–Trinajstić information content (AvgIpc) is 2.35. The quantitative estimate of drug-likeness (QED) is 0.363. The van der Waals surface area contributed by atoms with Crippen LogP contribution in [0.3, 0.4) is 0 Å². The first-order valence-corrected chi connectivity index (χ1v) is 5.18. The van der Waals surface area contributed by atoms with E-state index in [2.05, 4.69) is 5.43 Å². The summed E-state index contributed by atoms with van der Waals surface area (Å²) in [6, 6.07) is 5.16. The molecule has 0 bridgehead atoms. The minimum Gasteiger partial charge on any atom is -0.497 e. The van der Waals surface area contributed by atoms with Gasteiger partial charge in [-0.15, -0.1) is 11.6 Å². The van der Waals surface area contributed by atoms with Gasteiger partial charge in [0.1, 0.15) is 5.75 Å². The van der Waals surface area contributed by atoms with E-state index in [1.807, 2.05) is 0 Å². The number of halogens is 1. The number of carbonyl (C=O) groups excluding carboxylic acids is 1. The third-order valence-corrected chi connectivity index (χ3v) is 2.20. The summed E-state index contributed by atoms with van der Waals surface area (Å²) >= 11 is 5.54. The van der Waals surface area contributed by atoms with Crippen molar-refractivity contribution in [1.29, 1.82) is 0 Å². The van der Waals surface area contributed by atoms with Gasteiger partial charge in [-0.1, -0.05) is 18.2 Å². The first-order chi connectivity index (χ1) is 7.72. The van der Waals surface area contributed by atoms with Crippen molar-refractivity contribution in [1.82, 2.24) is 5.43 Å². The Balaban J connectivity index is 3.16. The fraction of sp³-hybridized carbons (Fsp3) is 0.182. The first kappa shape index (κ1) is 12.5. The van der Waals surface area contributed by atoms with Crippen LogP contribution in [0.2, 0.25) is 0 Å². The Morgan fingerprint density at radius 2 is 2.38 bits per heavy atom. The molecule has 0 fully saturated rings. The SMILES string of the molecule is COc1ccc(C=CCCl)c(C(=O)NN)c1. The number of alkyl halides is 1. The summed E-state index contributed by atoms with van der Waals surface area (Å²) in [5, 5.41) is 0. The topological polar surface area (TPSA) is 64.3 Å². The number of ether oxygens (including phenoxy) is 1. The summed E-state index contributed by atoms with van der Waals surface area (Å²) in [6.07, 6.45) is 3.51. The van der Waals surface area contributed by atoms with Crippen LogP contribution in [-0.4, -0.2) is 18.9 Å². The molecule has 0 saturated carbocycles. The zero-order chi connectivity index (χ0) is 12.0. The molecule has 0 heterocycles. The smallest absolute Gasteiger partial charge is 0.265 e. The molecule has 0 aliphatic heterocycles.